The van der Waals surface area contributed by atoms with Crippen molar-refractivity contribution in [1.29, 1.82) is 0 Å². The molecule has 0 amide bonds. The molecule has 2 N–H and O–H groups in total. The molecule has 2 aromatic carbocycles. The van der Waals surface area contributed by atoms with E-state index in [9.17, 15) is 9.90 Å². The highest BCUT2D eigenvalue weighted by Crippen LogP contribution is 2.24. The molecule has 2 rings (SSSR count). The number of hydrogen-bond donors (Lipinski definition) is 2. The summed E-state index contributed by atoms with van der Waals surface area (Å²) in [6.07, 6.45) is 0. The van der Waals surface area contributed by atoms with Crippen LogP contribution < -0.4 is 5.32 Å². The van der Waals surface area contributed by atoms with Crippen molar-refractivity contribution < 1.29 is 9.90 Å². The van der Waals surface area contributed by atoms with E-state index in [2.05, 4.69) is 5.32 Å². The van der Waals surface area contributed by atoms with Crippen LogP contribution in [0.1, 0.15) is 41.3 Å². The van der Waals surface area contributed by atoms with Crippen molar-refractivity contribution in [3.63, 3.8) is 0 Å². The monoisotopic (exact) mass is 303 g/mol. The SMILES string of the molecule is CC(C)c1cc(NCc2ccc(Cl)cc2)ccc1C(=O)O. The summed E-state index contributed by atoms with van der Waals surface area (Å²) in [7, 11) is 0. The van der Waals surface area contributed by atoms with E-state index in [-0.39, 0.29) is 5.92 Å². The number of halogens is 1. The smallest absolute Gasteiger partial charge is 0.335 e. The van der Waals surface area contributed by atoms with Gasteiger partial charge in [-0.1, -0.05) is 37.6 Å². The summed E-state index contributed by atoms with van der Waals surface area (Å²) in [4.78, 5) is 11.2. The molecular weight excluding hydrogens is 286 g/mol. The Morgan fingerprint density at radius 2 is 1.86 bits per heavy atom. The first kappa shape index (κ1) is 15.4. The van der Waals surface area contributed by atoms with Crippen molar-refractivity contribution >= 4 is 23.3 Å². The first-order valence-electron chi connectivity index (χ1n) is 6.83. The quantitative estimate of drug-likeness (QED) is 0.836. The Kier molecular flexibility index (Phi) is 4.86. The van der Waals surface area contributed by atoms with Crippen LogP contribution in [0.4, 0.5) is 5.69 Å². The highest BCUT2D eigenvalue weighted by Gasteiger charge is 2.13. The van der Waals surface area contributed by atoms with Crippen molar-refractivity contribution in [1.82, 2.24) is 0 Å². The average molecular weight is 304 g/mol. The minimum Gasteiger partial charge on any atom is -0.478 e. The van der Waals surface area contributed by atoms with Crippen LogP contribution in [0.25, 0.3) is 0 Å². The standard InChI is InChI=1S/C17H18ClNO2/c1-11(2)16-9-14(7-8-15(16)17(20)21)19-10-12-3-5-13(18)6-4-12/h3-9,11,19H,10H2,1-2H3,(H,20,21). The average Bonchev–Trinajstić information content (AvgIpc) is 2.46. The van der Waals surface area contributed by atoms with Gasteiger partial charge in [0.2, 0.25) is 0 Å². The molecular formula is C17H18ClNO2. The molecule has 0 fully saturated rings. The van der Waals surface area contributed by atoms with Crippen molar-refractivity contribution in [2.24, 2.45) is 0 Å². The number of nitrogens with one attached hydrogen (secondary N) is 1. The highest BCUT2D eigenvalue weighted by molar-refractivity contribution is 6.30. The Morgan fingerprint density at radius 3 is 2.43 bits per heavy atom. The summed E-state index contributed by atoms with van der Waals surface area (Å²) >= 11 is 5.86. The second-order valence-electron chi connectivity index (χ2n) is 5.24. The second kappa shape index (κ2) is 6.64. The van der Waals surface area contributed by atoms with Crippen LogP contribution in [0, 0.1) is 0 Å². The van der Waals surface area contributed by atoms with Gasteiger partial charge in [0.15, 0.2) is 0 Å². The predicted molar refractivity (Wildman–Crippen MR) is 86.3 cm³/mol. The molecule has 110 valence electrons. The molecule has 0 aliphatic heterocycles. The third-order valence-electron chi connectivity index (χ3n) is 3.31. The van der Waals surface area contributed by atoms with Gasteiger partial charge in [-0.15, -0.1) is 0 Å². The van der Waals surface area contributed by atoms with Gasteiger partial charge in [-0.2, -0.15) is 0 Å². The van der Waals surface area contributed by atoms with Crippen LogP contribution in [0.3, 0.4) is 0 Å². The Bertz CT molecular complexity index is 636. The van der Waals surface area contributed by atoms with Gasteiger partial charge < -0.3 is 10.4 Å². The number of anilines is 1. The fourth-order valence-electron chi connectivity index (χ4n) is 2.15. The number of benzene rings is 2. The lowest BCUT2D eigenvalue weighted by Gasteiger charge is -2.13. The van der Waals surface area contributed by atoms with Gasteiger partial charge >= 0.3 is 5.97 Å². The Hall–Kier alpha value is -2.00. The molecule has 0 heterocycles. The van der Waals surface area contributed by atoms with Gasteiger partial charge in [-0.25, -0.2) is 4.79 Å². The second-order valence-corrected chi connectivity index (χ2v) is 5.68. The van der Waals surface area contributed by atoms with E-state index in [1.807, 2.05) is 44.2 Å². The van der Waals surface area contributed by atoms with Gasteiger partial charge in [-0.3, -0.25) is 0 Å². The molecule has 0 atom stereocenters. The molecule has 3 nitrogen and oxygen atoms in total. The van der Waals surface area contributed by atoms with Crippen molar-refractivity contribution in [2.45, 2.75) is 26.3 Å². The fourth-order valence-corrected chi connectivity index (χ4v) is 2.28. The number of aromatic carboxylic acids is 1. The van der Waals surface area contributed by atoms with E-state index in [1.165, 1.54) is 0 Å². The maximum atomic E-state index is 11.2. The molecule has 0 aliphatic rings. The Labute approximate surface area is 129 Å². The van der Waals surface area contributed by atoms with Crippen LogP contribution in [0.5, 0.6) is 0 Å². The van der Waals surface area contributed by atoms with E-state index in [0.29, 0.717) is 17.1 Å². The normalized spacial score (nSPS) is 10.7. The van der Waals surface area contributed by atoms with Gasteiger partial charge in [0.25, 0.3) is 0 Å². The first-order chi connectivity index (χ1) is 9.97. The third-order valence-corrected chi connectivity index (χ3v) is 3.57. The Balaban J connectivity index is 2.15. The van der Waals surface area contributed by atoms with Gasteiger partial charge in [-0.05, 0) is 47.4 Å². The van der Waals surface area contributed by atoms with Crippen molar-refractivity contribution in [2.75, 3.05) is 5.32 Å². The molecule has 4 heteroatoms. The molecule has 0 unspecified atom stereocenters. The number of carboxylic acids is 1. The molecule has 0 saturated carbocycles. The number of carboxylic acid groups (broad SMARTS) is 1. The predicted octanol–water partition coefficient (Wildman–Crippen LogP) is 4.77. The number of hydrogen-bond acceptors (Lipinski definition) is 2. The molecule has 21 heavy (non-hydrogen) atoms. The summed E-state index contributed by atoms with van der Waals surface area (Å²) in [5.74, 6) is -0.726. The van der Waals surface area contributed by atoms with E-state index in [4.69, 9.17) is 11.6 Å². The summed E-state index contributed by atoms with van der Waals surface area (Å²) < 4.78 is 0. The zero-order valence-corrected chi connectivity index (χ0v) is 12.8. The van der Waals surface area contributed by atoms with Crippen LogP contribution in [-0.2, 0) is 6.54 Å². The molecule has 2 aromatic rings. The summed E-state index contributed by atoms with van der Waals surface area (Å²) in [6.45, 7) is 4.65. The first-order valence-corrected chi connectivity index (χ1v) is 7.20. The Morgan fingerprint density at radius 1 is 1.19 bits per heavy atom. The van der Waals surface area contributed by atoms with E-state index in [1.54, 1.807) is 12.1 Å². The topological polar surface area (TPSA) is 49.3 Å². The summed E-state index contributed by atoms with van der Waals surface area (Å²) in [5, 5.41) is 13.2. The van der Waals surface area contributed by atoms with Crippen LogP contribution in [0.15, 0.2) is 42.5 Å². The molecule has 0 spiro atoms. The fraction of sp³-hybridized carbons (Fsp3) is 0.235. The number of carbonyl (C=O) groups is 1. The van der Waals surface area contributed by atoms with E-state index in [0.717, 1.165) is 16.8 Å². The molecule has 0 aliphatic carbocycles. The van der Waals surface area contributed by atoms with Crippen molar-refractivity contribution in [3.05, 3.63) is 64.2 Å². The lowest BCUT2D eigenvalue weighted by Crippen LogP contribution is -2.06. The highest BCUT2D eigenvalue weighted by atomic mass is 35.5. The molecule has 0 saturated heterocycles. The van der Waals surface area contributed by atoms with Gasteiger partial charge in [0.05, 0.1) is 5.56 Å². The van der Waals surface area contributed by atoms with Gasteiger partial charge in [0.1, 0.15) is 0 Å². The summed E-state index contributed by atoms with van der Waals surface area (Å²) in [5.41, 5.74) is 3.23. The maximum Gasteiger partial charge on any atom is 0.335 e. The lowest BCUT2D eigenvalue weighted by molar-refractivity contribution is 0.0695. The van der Waals surface area contributed by atoms with E-state index < -0.39 is 5.97 Å². The van der Waals surface area contributed by atoms with Crippen LogP contribution >= 0.6 is 11.6 Å². The maximum absolute atomic E-state index is 11.2. The van der Waals surface area contributed by atoms with E-state index >= 15 is 0 Å². The third kappa shape index (κ3) is 3.99. The largest absolute Gasteiger partial charge is 0.478 e. The molecule has 0 aromatic heterocycles. The number of rotatable bonds is 5. The molecule has 0 radical (unpaired) electrons. The lowest BCUT2D eigenvalue weighted by atomic mass is 9.96. The van der Waals surface area contributed by atoms with Crippen LogP contribution in [0.2, 0.25) is 5.02 Å². The minimum absolute atomic E-state index is 0.161. The summed E-state index contributed by atoms with van der Waals surface area (Å²) in [6, 6.07) is 13.0. The molecule has 0 bridgehead atoms. The van der Waals surface area contributed by atoms with Crippen molar-refractivity contribution in [3.8, 4) is 0 Å². The minimum atomic E-state index is -0.886. The van der Waals surface area contributed by atoms with Crippen LogP contribution in [-0.4, -0.2) is 11.1 Å². The zero-order valence-electron chi connectivity index (χ0n) is 12.1. The zero-order chi connectivity index (χ0) is 15.4. The van der Waals surface area contributed by atoms with Gasteiger partial charge in [0, 0.05) is 17.3 Å².